The first-order chi connectivity index (χ1) is 8.74. The summed E-state index contributed by atoms with van der Waals surface area (Å²) in [6.45, 7) is 1.76. The lowest BCUT2D eigenvalue weighted by molar-refractivity contribution is 0.326. The van der Waals surface area contributed by atoms with Crippen LogP contribution in [0.1, 0.15) is 31.2 Å². The minimum atomic E-state index is 0.591. The van der Waals surface area contributed by atoms with Gasteiger partial charge in [0.1, 0.15) is 0 Å². The second-order valence-electron chi connectivity index (χ2n) is 5.08. The number of aryl methyl sites for hydroxylation is 2. The number of rotatable bonds is 6. The molecule has 1 heterocycles. The van der Waals surface area contributed by atoms with Crippen molar-refractivity contribution < 1.29 is 0 Å². The van der Waals surface area contributed by atoms with E-state index < -0.39 is 0 Å². The van der Waals surface area contributed by atoms with Crippen LogP contribution in [0, 0.1) is 5.92 Å². The van der Waals surface area contributed by atoms with Gasteiger partial charge in [0.25, 0.3) is 0 Å². The third-order valence-corrected chi connectivity index (χ3v) is 3.45. The standard InChI is InChI=1S/C13H23N5/c1-18-10-12(9-17-18)6-3-7-15-13(14)16-8-11-4-2-5-11/h9-11H,2-8H2,1H3,(H3,14,15,16). The van der Waals surface area contributed by atoms with E-state index in [1.54, 1.807) is 0 Å². The molecule has 0 bridgehead atoms. The van der Waals surface area contributed by atoms with Gasteiger partial charge in [-0.1, -0.05) is 6.42 Å². The van der Waals surface area contributed by atoms with Gasteiger partial charge in [-0.15, -0.1) is 0 Å². The average molecular weight is 249 g/mol. The lowest BCUT2D eigenvalue weighted by Gasteiger charge is -2.23. The smallest absolute Gasteiger partial charge is 0.188 e. The number of nitrogens with two attached hydrogens (primary N) is 1. The van der Waals surface area contributed by atoms with Gasteiger partial charge >= 0.3 is 0 Å². The summed E-state index contributed by atoms with van der Waals surface area (Å²) >= 11 is 0. The van der Waals surface area contributed by atoms with Crippen LogP contribution in [-0.4, -0.2) is 28.8 Å². The molecule has 0 aliphatic heterocycles. The number of aromatic nitrogens is 2. The van der Waals surface area contributed by atoms with Gasteiger partial charge in [-0.05, 0) is 37.2 Å². The molecule has 3 N–H and O–H groups in total. The molecule has 1 aromatic rings. The first kappa shape index (κ1) is 12.9. The van der Waals surface area contributed by atoms with Crippen LogP contribution in [0.2, 0.25) is 0 Å². The third-order valence-electron chi connectivity index (χ3n) is 3.45. The van der Waals surface area contributed by atoms with E-state index in [4.69, 9.17) is 5.73 Å². The number of guanidine groups is 1. The monoisotopic (exact) mass is 249 g/mol. The van der Waals surface area contributed by atoms with Crippen molar-refractivity contribution in [1.82, 2.24) is 15.1 Å². The molecule has 0 spiro atoms. The maximum Gasteiger partial charge on any atom is 0.188 e. The molecule has 1 fully saturated rings. The van der Waals surface area contributed by atoms with E-state index in [1.807, 2.05) is 24.1 Å². The van der Waals surface area contributed by atoms with Crippen LogP contribution >= 0.6 is 0 Å². The van der Waals surface area contributed by atoms with Crippen molar-refractivity contribution in [2.24, 2.45) is 23.7 Å². The Morgan fingerprint density at radius 3 is 3.06 bits per heavy atom. The first-order valence-electron chi connectivity index (χ1n) is 6.75. The van der Waals surface area contributed by atoms with Crippen molar-refractivity contribution in [3.8, 4) is 0 Å². The van der Waals surface area contributed by atoms with Crippen molar-refractivity contribution in [2.75, 3.05) is 13.1 Å². The van der Waals surface area contributed by atoms with E-state index in [0.29, 0.717) is 5.96 Å². The molecule has 18 heavy (non-hydrogen) atoms. The van der Waals surface area contributed by atoms with Crippen LogP contribution in [0.15, 0.2) is 17.4 Å². The van der Waals surface area contributed by atoms with Gasteiger partial charge < -0.3 is 11.1 Å². The van der Waals surface area contributed by atoms with Crippen molar-refractivity contribution in [3.05, 3.63) is 18.0 Å². The molecule has 2 rings (SSSR count). The van der Waals surface area contributed by atoms with Crippen LogP contribution in [0.4, 0.5) is 0 Å². The van der Waals surface area contributed by atoms with Crippen molar-refractivity contribution in [3.63, 3.8) is 0 Å². The Bertz CT molecular complexity index is 392. The molecule has 1 aliphatic rings. The highest BCUT2D eigenvalue weighted by molar-refractivity contribution is 5.77. The van der Waals surface area contributed by atoms with Gasteiger partial charge in [0.15, 0.2) is 5.96 Å². The highest BCUT2D eigenvalue weighted by Gasteiger charge is 2.16. The minimum absolute atomic E-state index is 0.591. The molecule has 100 valence electrons. The molecular weight excluding hydrogens is 226 g/mol. The summed E-state index contributed by atoms with van der Waals surface area (Å²) in [5.74, 6) is 1.37. The van der Waals surface area contributed by atoms with Gasteiger partial charge in [-0.3, -0.25) is 9.67 Å². The normalized spacial score (nSPS) is 16.6. The largest absolute Gasteiger partial charge is 0.370 e. The lowest BCUT2D eigenvalue weighted by atomic mass is 9.86. The molecule has 1 saturated carbocycles. The summed E-state index contributed by atoms with van der Waals surface area (Å²) in [6, 6.07) is 0. The summed E-state index contributed by atoms with van der Waals surface area (Å²) in [6.07, 6.45) is 10.0. The van der Waals surface area contributed by atoms with E-state index in [1.165, 1.54) is 24.8 Å². The van der Waals surface area contributed by atoms with Crippen LogP contribution < -0.4 is 11.1 Å². The highest BCUT2D eigenvalue weighted by Crippen LogP contribution is 2.26. The van der Waals surface area contributed by atoms with E-state index >= 15 is 0 Å². The van der Waals surface area contributed by atoms with Gasteiger partial charge in [0, 0.05) is 26.3 Å². The Kier molecular flexibility index (Phi) is 4.61. The Morgan fingerprint density at radius 2 is 2.44 bits per heavy atom. The summed E-state index contributed by atoms with van der Waals surface area (Å²) < 4.78 is 1.83. The summed E-state index contributed by atoms with van der Waals surface area (Å²) in [4.78, 5) is 4.36. The van der Waals surface area contributed by atoms with Crippen LogP contribution in [0.25, 0.3) is 0 Å². The molecule has 0 amide bonds. The fourth-order valence-corrected chi connectivity index (χ4v) is 2.07. The zero-order valence-electron chi connectivity index (χ0n) is 11.1. The molecule has 0 aromatic carbocycles. The Morgan fingerprint density at radius 1 is 1.61 bits per heavy atom. The Hall–Kier alpha value is -1.52. The number of nitrogens with zero attached hydrogens (tertiary/aromatic N) is 3. The van der Waals surface area contributed by atoms with E-state index in [-0.39, 0.29) is 0 Å². The molecule has 5 nitrogen and oxygen atoms in total. The predicted molar refractivity (Wildman–Crippen MR) is 73.4 cm³/mol. The first-order valence-corrected chi connectivity index (χ1v) is 6.75. The number of nitrogens with one attached hydrogen (secondary N) is 1. The van der Waals surface area contributed by atoms with Gasteiger partial charge in [0.05, 0.1) is 6.20 Å². The molecular formula is C13H23N5. The number of hydrogen-bond acceptors (Lipinski definition) is 2. The summed E-state index contributed by atoms with van der Waals surface area (Å²) in [5.41, 5.74) is 7.07. The minimum Gasteiger partial charge on any atom is -0.370 e. The zero-order valence-corrected chi connectivity index (χ0v) is 11.1. The van der Waals surface area contributed by atoms with Crippen molar-refractivity contribution in [2.45, 2.75) is 32.1 Å². The summed E-state index contributed by atoms with van der Waals surface area (Å²) in [5, 5.41) is 7.31. The molecule has 5 heteroatoms. The quantitative estimate of drug-likeness (QED) is 0.450. The maximum atomic E-state index is 5.81. The van der Waals surface area contributed by atoms with E-state index in [2.05, 4.69) is 15.4 Å². The molecule has 0 atom stereocenters. The van der Waals surface area contributed by atoms with Crippen LogP contribution in [0.5, 0.6) is 0 Å². The average Bonchev–Trinajstić information content (AvgIpc) is 2.68. The van der Waals surface area contributed by atoms with Crippen LogP contribution in [0.3, 0.4) is 0 Å². The molecule has 0 radical (unpaired) electrons. The van der Waals surface area contributed by atoms with E-state index in [0.717, 1.165) is 31.8 Å². The van der Waals surface area contributed by atoms with Gasteiger partial charge in [-0.2, -0.15) is 5.10 Å². The van der Waals surface area contributed by atoms with Crippen LogP contribution in [-0.2, 0) is 13.5 Å². The Balaban J connectivity index is 1.56. The fraction of sp³-hybridized carbons (Fsp3) is 0.692. The van der Waals surface area contributed by atoms with Crippen molar-refractivity contribution in [1.29, 1.82) is 0 Å². The maximum absolute atomic E-state index is 5.81. The molecule has 0 unspecified atom stereocenters. The van der Waals surface area contributed by atoms with Gasteiger partial charge in [0.2, 0.25) is 0 Å². The fourth-order valence-electron chi connectivity index (χ4n) is 2.07. The second kappa shape index (κ2) is 6.42. The number of aliphatic imine (C=N–C) groups is 1. The second-order valence-corrected chi connectivity index (χ2v) is 5.08. The molecule has 0 saturated heterocycles. The SMILES string of the molecule is Cn1cc(CCCNC(N)=NCC2CCC2)cn1. The topological polar surface area (TPSA) is 68.2 Å². The summed E-state index contributed by atoms with van der Waals surface area (Å²) in [7, 11) is 1.94. The Labute approximate surface area is 108 Å². The molecule has 1 aliphatic carbocycles. The van der Waals surface area contributed by atoms with Crippen molar-refractivity contribution >= 4 is 5.96 Å². The zero-order chi connectivity index (χ0) is 12.8. The highest BCUT2D eigenvalue weighted by atomic mass is 15.2. The number of hydrogen-bond donors (Lipinski definition) is 2. The lowest BCUT2D eigenvalue weighted by Crippen LogP contribution is -2.33. The van der Waals surface area contributed by atoms with Gasteiger partial charge in [-0.25, -0.2) is 0 Å². The molecule has 1 aromatic heterocycles. The third kappa shape index (κ3) is 4.05. The van der Waals surface area contributed by atoms with E-state index in [9.17, 15) is 0 Å². The predicted octanol–water partition coefficient (Wildman–Crippen LogP) is 1.06.